The zero-order chi connectivity index (χ0) is 12.4. The zero-order valence-electron chi connectivity index (χ0n) is 10.9. The molecule has 1 aliphatic heterocycles. The average Bonchev–Trinajstić information content (AvgIpc) is 2.69. The Labute approximate surface area is 104 Å². The van der Waals surface area contributed by atoms with Crippen LogP contribution in [-0.4, -0.2) is 18.9 Å². The molecule has 0 saturated carbocycles. The minimum absolute atomic E-state index is 0.222. The van der Waals surface area contributed by atoms with Crippen LogP contribution in [0.2, 0.25) is 0 Å². The third-order valence-electron chi connectivity index (χ3n) is 3.86. The Hall–Kier alpha value is -1.31. The molecular weight excluding hydrogens is 210 g/mol. The van der Waals surface area contributed by atoms with Gasteiger partial charge in [0.2, 0.25) is 0 Å². The van der Waals surface area contributed by atoms with Gasteiger partial charge in [0.15, 0.2) is 5.78 Å². The summed E-state index contributed by atoms with van der Waals surface area (Å²) in [6.45, 7) is 8.77. The number of rotatable bonds is 3. The van der Waals surface area contributed by atoms with Gasteiger partial charge in [0, 0.05) is 30.8 Å². The summed E-state index contributed by atoms with van der Waals surface area (Å²) in [6.07, 6.45) is 0.580. The molecule has 1 fully saturated rings. The van der Waals surface area contributed by atoms with E-state index in [0.717, 1.165) is 30.5 Å². The Morgan fingerprint density at radius 1 is 1.18 bits per heavy atom. The molecule has 0 aliphatic carbocycles. The Morgan fingerprint density at radius 2 is 1.71 bits per heavy atom. The van der Waals surface area contributed by atoms with E-state index in [1.54, 1.807) is 0 Å². The summed E-state index contributed by atoms with van der Waals surface area (Å²) in [6, 6.07) is 8.06. The molecule has 2 rings (SSSR count). The standard InChI is InChI=1S/C15H21NO/c1-4-15(17)13-5-7-14(8-6-13)16-9-11(2)12(3)10-16/h5-8,11-12H,4,9-10H2,1-3H3. The Bertz CT molecular complexity index is 386. The van der Waals surface area contributed by atoms with E-state index >= 15 is 0 Å². The maximum Gasteiger partial charge on any atom is 0.162 e. The van der Waals surface area contributed by atoms with Gasteiger partial charge in [-0.3, -0.25) is 4.79 Å². The Kier molecular flexibility index (Phi) is 3.51. The molecule has 17 heavy (non-hydrogen) atoms. The van der Waals surface area contributed by atoms with Crippen molar-refractivity contribution in [2.45, 2.75) is 27.2 Å². The van der Waals surface area contributed by atoms with E-state index in [9.17, 15) is 4.79 Å². The summed E-state index contributed by atoms with van der Waals surface area (Å²) < 4.78 is 0. The number of benzene rings is 1. The van der Waals surface area contributed by atoms with Crippen LogP contribution in [0.1, 0.15) is 37.6 Å². The van der Waals surface area contributed by atoms with Crippen molar-refractivity contribution in [2.75, 3.05) is 18.0 Å². The molecule has 2 heteroatoms. The number of ketones is 1. The largest absolute Gasteiger partial charge is 0.371 e. The molecule has 0 radical (unpaired) electrons. The molecular formula is C15H21NO. The summed E-state index contributed by atoms with van der Waals surface area (Å²) in [4.78, 5) is 13.9. The number of Topliss-reactive ketones (excluding diaryl/α,β-unsaturated/α-hetero) is 1. The lowest BCUT2D eigenvalue weighted by molar-refractivity contribution is 0.0988. The minimum atomic E-state index is 0.222. The second-order valence-corrected chi connectivity index (χ2v) is 5.18. The van der Waals surface area contributed by atoms with Crippen LogP contribution < -0.4 is 4.90 Å². The predicted octanol–water partition coefficient (Wildman–Crippen LogP) is 3.37. The van der Waals surface area contributed by atoms with Crippen molar-refractivity contribution in [3.63, 3.8) is 0 Å². The number of anilines is 1. The lowest BCUT2D eigenvalue weighted by Gasteiger charge is -2.18. The third kappa shape index (κ3) is 2.51. The van der Waals surface area contributed by atoms with Gasteiger partial charge in [-0.15, -0.1) is 0 Å². The molecule has 2 atom stereocenters. The van der Waals surface area contributed by atoms with Crippen molar-refractivity contribution in [1.82, 2.24) is 0 Å². The van der Waals surface area contributed by atoms with Gasteiger partial charge in [-0.25, -0.2) is 0 Å². The maximum atomic E-state index is 11.5. The molecule has 2 unspecified atom stereocenters. The van der Waals surface area contributed by atoms with Crippen LogP contribution in [0.15, 0.2) is 24.3 Å². The molecule has 1 aliphatic rings. The first-order chi connectivity index (χ1) is 8.11. The summed E-state index contributed by atoms with van der Waals surface area (Å²) in [7, 11) is 0. The summed E-state index contributed by atoms with van der Waals surface area (Å²) in [5.41, 5.74) is 2.07. The zero-order valence-corrected chi connectivity index (χ0v) is 10.9. The molecule has 0 amide bonds. The SMILES string of the molecule is CCC(=O)c1ccc(N2CC(C)C(C)C2)cc1. The van der Waals surface area contributed by atoms with Gasteiger partial charge in [0.1, 0.15) is 0 Å². The number of hydrogen-bond donors (Lipinski definition) is 0. The van der Waals surface area contributed by atoms with Crippen LogP contribution >= 0.6 is 0 Å². The van der Waals surface area contributed by atoms with E-state index in [-0.39, 0.29) is 5.78 Å². The van der Waals surface area contributed by atoms with Crippen LogP contribution in [0.4, 0.5) is 5.69 Å². The molecule has 0 aromatic heterocycles. The van der Waals surface area contributed by atoms with Gasteiger partial charge in [0.25, 0.3) is 0 Å². The lowest BCUT2D eigenvalue weighted by atomic mass is 10.0. The van der Waals surface area contributed by atoms with Crippen LogP contribution in [-0.2, 0) is 0 Å². The molecule has 1 saturated heterocycles. The third-order valence-corrected chi connectivity index (χ3v) is 3.86. The monoisotopic (exact) mass is 231 g/mol. The minimum Gasteiger partial charge on any atom is -0.371 e. The van der Waals surface area contributed by atoms with Gasteiger partial charge in [-0.05, 0) is 36.1 Å². The van der Waals surface area contributed by atoms with Crippen LogP contribution in [0.5, 0.6) is 0 Å². The van der Waals surface area contributed by atoms with Crippen LogP contribution in [0.3, 0.4) is 0 Å². The summed E-state index contributed by atoms with van der Waals surface area (Å²) >= 11 is 0. The van der Waals surface area contributed by atoms with E-state index in [2.05, 4.69) is 30.9 Å². The van der Waals surface area contributed by atoms with Crippen molar-refractivity contribution < 1.29 is 4.79 Å². The fraction of sp³-hybridized carbons (Fsp3) is 0.533. The first kappa shape index (κ1) is 12.2. The van der Waals surface area contributed by atoms with E-state index < -0.39 is 0 Å². The fourth-order valence-electron chi connectivity index (χ4n) is 2.40. The number of hydrogen-bond acceptors (Lipinski definition) is 2. The van der Waals surface area contributed by atoms with E-state index in [1.165, 1.54) is 5.69 Å². The first-order valence-corrected chi connectivity index (χ1v) is 6.50. The normalized spacial score (nSPS) is 24.1. The van der Waals surface area contributed by atoms with E-state index in [1.807, 2.05) is 19.1 Å². The van der Waals surface area contributed by atoms with Crippen molar-refractivity contribution in [1.29, 1.82) is 0 Å². The van der Waals surface area contributed by atoms with Crippen molar-refractivity contribution >= 4 is 11.5 Å². The average molecular weight is 231 g/mol. The molecule has 0 bridgehead atoms. The molecule has 2 nitrogen and oxygen atoms in total. The topological polar surface area (TPSA) is 20.3 Å². The quantitative estimate of drug-likeness (QED) is 0.743. The Morgan fingerprint density at radius 3 is 2.18 bits per heavy atom. The van der Waals surface area contributed by atoms with Crippen LogP contribution in [0, 0.1) is 11.8 Å². The van der Waals surface area contributed by atoms with Crippen molar-refractivity contribution in [3.05, 3.63) is 29.8 Å². The molecule has 1 aromatic rings. The van der Waals surface area contributed by atoms with Crippen LogP contribution in [0.25, 0.3) is 0 Å². The predicted molar refractivity (Wildman–Crippen MR) is 71.6 cm³/mol. The highest BCUT2D eigenvalue weighted by molar-refractivity contribution is 5.96. The number of carbonyl (C=O) groups excluding carboxylic acids is 1. The first-order valence-electron chi connectivity index (χ1n) is 6.50. The second kappa shape index (κ2) is 4.91. The van der Waals surface area contributed by atoms with E-state index in [0.29, 0.717) is 6.42 Å². The molecule has 92 valence electrons. The smallest absolute Gasteiger partial charge is 0.162 e. The molecule has 0 spiro atoms. The summed E-state index contributed by atoms with van der Waals surface area (Å²) in [5, 5.41) is 0. The highest BCUT2D eigenvalue weighted by Gasteiger charge is 2.25. The van der Waals surface area contributed by atoms with Gasteiger partial charge < -0.3 is 4.90 Å². The van der Waals surface area contributed by atoms with Gasteiger partial charge >= 0.3 is 0 Å². The fourth-order valence-corrected chi connectivity index (χ4v) is 2.40. The Balaban J connectivity index is 2.11. The van der Waals surface area contributed by atoms with E-state index in [4.69, 9.17) is 0 Å². The maximum absolute atomic E-state index is 11.5. The van der Waals surface area contributed by atoms with Gasteiger partial charge in [-0.2, -0.15) is 0 Å². The van der Waals surface area contributed by atoms with Crippen molar-refractivity contribution in [2.24, 2.45) is 11.8 Å². The second-order valence-electron chi connectivity index (χ2n) is 5.18. The molecule has 1 aromatic carbocycles. The highest BCUT2D eigenvalue weighted by Crippen LogP contribution is 2.27. The summed E-state index contributed by atoms with van der Waals surface area (Å²) in [5.74, 6) is 1.73. The number of nitrogens with zero attached hydrogens (tertiary/aromatic N) is 1. The van der Waals surface area contributed by atoms with Gasteiger partial charge in [-0.1, -0.05) is 20.8 Å². The van der Waals surface area contributed by atoms with Gasteiger partial charge in [0.05, 0.1) is 0 Å². The lowest BCUT2D eigenvalue weighted by Crippen LogP contribution is -2.19. The molecule has 0 N–H and O–H groups in total. The number of carbonyl (C=O) groups is 1. The molecule has 1 heterocycles. The van der Waals surface area contributed by atoms with Crippen molar-refractivity contribution in [3.8, 4) is 0 Å². The highest BCUT2D eigenvalue weighted by atomic mass is 16.1.